The minimum atomic E-state index is 0.0475. The van der Waals surface area contributed by atoms with Crippen molar-refractivity contribution < 1.29 is 4.79 Å². The minimum Gasteiger partial charge on any atom is -0.383 e. The molecule has 0 saturated carbocycles. The van der Waals surface area contributed by atoms with Crippen LogP contribution in [-0.2, 0) is 4.79 Å². The highest BCUT2D eigenvalue weighted by atomic mass is 35.5. The van der Waals surface area contributed by atoms with Crippen LogP contribution in [0.5, 0.6) is 0 Å². The van der Waals surface area contributed by atoms with Crippen molar-refractivity contribution in [1.29, 1.82) is 0 Å². The lowest BCUT2D eigenvalue weighted by atomic mass is 10.1. The van der Waals surface area contributed by atoms with Gasteiger partial charge in [-0.05, 0) is 30.5 Å². The van der Waals surface area contributed by atoms with E-state index < -0.39 is 0 Å². The quantitative estimate of drug-likeness (QED) is 0.800. The lowest BCUT2D eigenvalue weighted by molar-refractivity contribution is -0.120. The maximum Gasteiger partial charge on any atom is 0.221 e. The molecule has 2 N–H and O–H groups in total. The highest BCUT2D eigenvalue weighted by molar-refractivity contribution is 6.35. The second-order valence-corrected chi connectivity index (χ2v) is 5.68. The zero-order valence-corrected chi connectivity index (χ0v) is 12.8. The van der Waals surface area contributed by atoms with Gasteiger partial charge in [0.1, 0.15) is 0 Å². The molecule has 1 aromatic rings. The summed E-state index contributed by atoms with van der Waals surface area (Å²) in [5.74, 6) is 0.648. The number of anilines is 1. The van der Waals surface area contributed by atoms with E-state index in [1.165, 1.54) is 0 Å². The van der Waals surface area contributed by atoms with Crippen LogP contribution < -0.4 is 10.6 Å². The standard InChI is InChI=1S/C14H20Cl2N2O/c1-10(2)5-7-18-14(19)6-8-17-13-9-11(15)3-4-12(13)16/h3-4,9-10,17H,5-8H2,1-2H3,(H,18,19). The van der Waals surface area contributed by atoms with E-state index in [0.717, 1.165) is 18.7 Å². The zero-order chi connectivity index (χ0) is 14.3. The van der Waals surface area contributed by atoms with Crippen LogP contribution in [0.3, 0.4) is 0 Å². The predicted octanol–water partition coefficient (Wildman–Crippen LogP) is 3.96. The summed E-state index contributed by atoms with van der Waals surface area (Å²) < 4.78 is 0. The Balaban J connectivity index is 2.26. The van der Waals surface area contributed by atoms with Crippen molar-refractivity contribution >= 4 is 34.8 Å². The van der Waals surface area contributed by atoms with E-state index in [9.17, 15) is 4.79 Å². The number of nitrogens with one attached hydrogen (secondary N) is 2. The van der Waals surface area contributed by atoms with Gasteiger partial charge in [0.15, 0.2) is 0 Å². The van der Waals surface area contributed by atoms with Crippen LogP contribution in [-0.4, -0.2) is 19.0 Å². The van der Waals surface area contributed by atoms with Crippen molar-refractivity contribution in [3.63, 3.8) is 0 Å². The van der Waals surface area contributed by atoms with Crippen LogP contribution in [0.15, 0.2) is 18.2 Å². The molecule has 0 aromatic heterocycles. The molecule has 0 aliphatic carbocycles. The molecule has 106 valence electrons. The number of hydrogen-bond donors (Lipinski definition) is 2. The average molecular weight is 303 g/mol. The van der Waals surface area contributed by atoms with Crippen LogP contribution in [0.25, 0.3) is 0 Å². The SMILES string of the molecule is CC(C)CCNC(=O)CCNc1cc(Cl)ccc1Cl. The van der Waals surface area contributed by atoms with Crippen molar-refractivity contribution in [2.24, 2.45) is 5.92 Å². The maximum atomic E-state index is 11.6. The van der Waals surface area contributed by atoms with Crippen molar-refractivity contribution in [3.05, 3.63) is 28.2 Å². The largest absolute Gasteiger partial charge is 0.383 e. The molecule has 1 amide bonds. The van der Waals surface area contributed by atoms with Gasteiger partial charge < -0.3 is 10.6 Å². The molecular weight excluding hydrogens is 283 g/mol. The van der Waals surface area contributed by atoms with Gasteiger partial charge in [-0.2, -0.15) is 0 Å². The number of carbonyl (C=O) groups is 1. The van der Waals surface area contributed by atoms with Crippen LogP contribution in [0.1, 0.15) is 26.7 Å². The summed E-state index contributed by atoms with van der Waals surface area (Å²) >= 11 is 11.9. The van der Waals surface area contributed by atoms with E-state index in [1.807, 2.05) is 0 Å². The molecule has 3 nitrogen and oxygen atoms in total. The lowest BCUT2D eigenvalue weighted by Gasteiger charge is -2.10. The number of amides is 1. The molecule has 0 bridgehead atoms. The molecule has 0 heterocycles. The molecule has 0 aliphatic heterocycles. The molecule has 0 saturated heterocycles. The molecular formula is C14H20Cl2N2O. The Kier molecular flexibility index (Phi) is 7.03. The van der Waals surface area contributed by atoms with E-state index in [-0.39, 0.29) is 5.91 Å². The number of hydrogen-bond acceptors (Lipinski definition) is 2. The van der Waals surface area contributed by atoms with E-state index >= 15 is 0 Å². The monoisotopic (exact) mass is 302 g/mol. The van der Waals surface area contributed by atoms with Crippen LogP contribution >= 0.6 is 23.2 Å². The van der Waals surface area contributed by atoms with Gasteiger partial charge in [0.2, 0.25) is 5.91 Å². The minimum absolute atomic E-state index is 0.0475. The fourth-order valence-electron chi connectivity index (χ4n) is 1.53. The van der Waals surface area contributed by atoms with Gasteiger partial charge in [-0.25, -0.2) is 0 Å². The fraction of sp³-hybridized carbons (Fsp3) is 0.500. The highest BCUT2D eigenvalue weighted by Crippen LogP contribution is 2.25. The van der Waals surface area contributed by atoms with Gasteiger partial charge in [-0.1, -0.05) is 37.0 Å². The summed E-state index contributed by atoms with van der Waals surface area (Å²) in [6.07, 6.45) is 1.42. The second-order valence-electron chi connectivity index (χ2n) is 4.83. The summed E-state index contributed by atoms with van der Waals surface area (Å²) in [5.41, 5.74) is 0.754. The molecule has 0 unspecified atom stereocenters. The first-order chi connectivity index (χ1) is 8.99. The molecule has 5 heteroatoms. The Morgan fingerprint density at radius 2 is 2.00 bits per heavy atom. The third-order valence-corrected chi connectivity index (χ3v) is 3.20. The van der Waals surface area contributed by atoms with Crippen LogP contribution in [0.2, 0.25) is 10.0 Å². The van der Waals surface area contributed by atoms with E-state index in [2.05, 4.69) is 24.5 Å². The van der Waals surface area contributed by atoms with E-state index in [1.54, 1.807) is 18.2 Å². The Bertz CT molecular complexity index is 422. The summed E-state index contributed by atoms with van der Waals surface area (Å²) in [5, 5.41) is 7.22. The van der Waals surface area contributed by atoms with Gasteiger partial charge >= 0.3 is 0 Å². The summed E-state index contributed by atoms with van der Waals surface area (Å²) in [6, 6.07) is 5.21. The Morgan fingerprint density at radius 3 is 2.68 bits per heavy atom. The Hall–Kier alpha value is -0.930. The molecule has 1 rings (SSSR count). The van der Waals surface area contributed by atoms with Crippen molar-refractivity contribution in [2.45, 2.75) is 26.7 Å². The van der Waals surface area contributed by atoms with E-state index in [4.69, 9.17) is 23.2 Å². The number of halogens is 2. The summed E-state index contributed by atoms with van der Waals surface area (Å²) in [7, 11) is 0. The highest BCUT2D eigenvalue weighted by Gasteiger charge is 2.04. The average Bonchev–Trinajstić information content (AvgIpc) is 2.33. The first-order valence-corrected chi connectivity index (χ1v) is 7.20. The van der Waals surface area contributed by atoms with E-state index in [0.29, 0.717) is 28.9 Å². The fourth-order valence-corrected chi connectivity index (χ4v) is 1.89. The van der Waals surface area contributed by atoms with Crippen LogP contribution in [0, 0.1) is 5.92 Å². The third-order valence-electron chi connectivity index (χ3n) is 2.64. The topological polar surface area (TPSA) is 41.1 Å². The second kappa shape index (κ2) is 8.28. The molecule has 1 aromatic carbocycles. The molecule has 0 spiro atoms. The Labute approximate surface area is 124 Å². The molecule has 19 heavy (non-hydrogen) atoms. The molecule has 0 aliphatic rings. The van der Waals surface area contributed by atoms with Gasteiger partial charge in [0.05, 0.1) is 10.7 Å². The molecule has 0 fully saturated rings. The lowest BCUT2D eigenvalue weighted by Crippen LogP contribution is -2.27. The maximum absolute atomic E-state index is 11.6. The zero-order valence-electron chi connectivity index (χ0n) is 11.3. The number of rotatable bonds is 7. The van der Waals surface area contributed by atoms with Crippen molar-refractivity contribution in [2.75, 3.05) is 18.4 Å². The number of carbonyl (C=O) groups excluding carboxylic acids is 1. The first-order valence-electron chi connectivity index (χ1n) is 6.44. The van der Waals surface area contributed by atoms with Crippen molar-refractivity contribution in [3.8, 4) is 0 Å². The first kappa shape index (κ1) is 16.1. The smallest absolute Gasteiger partial charge is 0.221 e. The van der Waals surface area contributed by atoms with Gasteiger partial charge in [-0.3, -0.25) is 4.79 Å². The van der Waals surface area contributed by atoms with Gasteiger partial charge in [0.25, 0.3) is 0 Å². The van der Waals surface area contributed by atoms with Crippen molar-refractivity contribution in [1.82, 2.24) is 5.32 Å². The molecule has 0 atom stereocenters. The molecule has 0 radical (unpaired) electrons. The Morgan fingerprint density at radius 1 is 1.26 bits per heavy atom. The normalized spacial score (nSPS) is 10.6. The predicted molar refractivity (Wildman–Crippen MR) is 82.0 cm³/mol. The van der Waals surface area contributed by atoms with Gasteiger partial charge in [-0.15, -0.1) is 0 Å². The van der Waals surface area contributed by atoms with Gasteiger partial charge in [0, 0.05) is 24.5 Å². The number of benzene rings is 1. The third kappa shape index (κ3) is 6.69. The van der Waals surface area contributed by atoms with Crippen LogP contribution in [0.4, 0.5) is 5.69 Å². The summed E-state index contributed by atoms with van der Waals surface area (Å²) in [6.45, 7) is 5.53. The summed E-state index contributed by atoms with van der Waals surface area (Å²) in [4.78, 5) is 11.6.